The molecule has 3 aromatic rings. The molecule has 2 heterocycles. The lowest BCUT2D eigenvalue weighted by atomic mass is 9.95. The Kier molecular flexibility index (Phi) is 6.65. The number of rotatable bonds is 5. The molecule has 1 amide bonds. The smallest absolute Gasteiger partial charge is 0.433 e. The summed E-state index contributed by atoms with van der Waals surface area (Å²) in [6, 6.07) is 9.20. The minimum Gasteiger partial charge on any atom is -0.496 e. The van der Waals surface area contributed by atoms with Gasteiger partial charge in [-0.2, -0.15) is 39.5 Å². The van der Waals surface area contributed by atoms with E-state index in [1.165, 1.54) is 7.11 Å². The largest absolute Gasteiger partial charge is 0.496 e. The van der Waals surface area contributed by atoms with Crippen LogP contribution in [0.3, 0.4) is 0 Å². The quantitative estimate of drug-likeness (QED) is 0.283. The molecular weight excluding hydrogens is 571 g/mol. The molecule has 5 nitrogen and oxygen atoms in total. The zero-order valence-corrected chi connectivity index (χ0v) is 20.9. The van der Waals surface area contributed by atoms with E-state index in [2.05, 4.69) is 4.98 Å². The summed E-state index contributed by atoms with van der Waals surface area (Å²) in [7, 11) is 1.35. The lowest BCUT2D eigenvalue weighted by Crippen LogP contribution is -2.36. The highest BCUT2D eigenvalue weighted by Gasteiger charge is 2.63. The number of nitrogens with zero attached hydrogens (tertiary/aromatic N) is 2. The number of benzene rings is 2. The number of halogens is 9. The average molecular weight is 590 g/mol. The summed E-state index contributed by atoms with van der Waals surface area (Å²) in [4.78, 5) is 17.8. The van der Waals surface area contributed by atoms with Crippen LogP contribution in [0, 0.1) is 0 Å². The third-order valence-corrected chi connectivity index (χ3v) is 7.11. The van der Waals surface area contributed by atoms with Gasteiger partial charge in [-0.25, -0.2) is 9.78 Å². The number of hydrogen-bond acceptors (Lipinski definition) is 4. The van der Waals surface area contributed by atoms with Crippen LogP contribution in [0.5, 0.6) is 5.75 Å². The van der Waals surface area contributed by atoms with Gasteiger partial charge in [0.15, 0.2) is 6.10 Å². The van der Waals surface area contributed by atoms with E-state index in [1.807, 2.05) is 0 Å². The van der Waals surface area contributed by atoms with Crippen molar-refractivity contribution >= 4 is 6.09 Å². The van der Waals surface area contributed by atoms with Crippen LogP contribution in [0.15, 0.2) is 54.6 Å². The number of ether oxygens (including phenoxy) is 2. The van der Waals surface area contributed by atoms with Crippen LogP contribution >= 0.6 is 0 Å². The molecule has 218 valence electrons. The number of carbonyl (C=O) groups excluding carboxylic acids is 1. The summed E-state index contributed by atoms with van der Waals surface area (Å²) < 4.78 is 132. The minimum absolute atomic E-state index is 0.0380. The van der Waals surface area contributed by atoms with Crippen LogP contribution in [0.2, 0.25) is 0 Å². The third-order valence-electron chi connectivity index (χ3n) is 7.11. The summed E-state index contributed by atoms with van der Waals surface area (Å²) in [5.41, 5.74) is -5.99. The summed E-state index contributed by atoms with van der Waals surface area (Å²) in [5.74, 6) is 0.293. The van der Waals surface area contributed by atoms with Crippen LogP contribution in [0.4, 0.5) is 44.3 Å². The lowest BCUT2D eigenvalue weighted by molar-refractivity contribution is -0.143. The summed E-state index contributed by atoms with van der Waals surface area (Å²) in [5, 5.41) is 0. The fraction of sp³-hybridized carbons (Fsp3) is 0.333. The average Bonchev–Trinajstić information content (AvgIpc) is 3.64. The van der Waals surface area contributed by atoms with Crippen LogP contribution in [-0.4, -0.2) is 28.6 Å². The van der Waals surface area contributed by atoms with Gasteiger partial charge in [-0.05, 0) is 48.7 Å². The number of hydrogen-bond donors (Lipinski definition) is 0. The number of methoxy groups -OCH3 is 1. The minimum atomic E-state index is -5.12. The van der Waals surface area contributed by atoms with E-state index in [1.54, 1.807) is 24.3 Å². The van der Waals surface area contributed by atoms with E-state index in [9.17, 15) is 44.3 Å². The first-order valence-corrected chi connectivity index (χ1v) is 12.0. The van der Waals surface area contributed by atoms with Gasteiger partial charge in [0.05, 0.1) is 36.0 Å². The molecule has 1 saturated heterocycles. The van der Waals surface area contributed by atoms with Gasteiger partial charge < -0.3 is 9.47 Å². The van der Waals surface area contributed by atoms with Crippen molar-refractivity contribution in [3.8, 4) is 16.9 Å². The first-order valence-electron chi connectivity index (χ1n) is 12.0. The molecule has 2 aromatic carbocycles. The number of amides is 1. The SMILES string of the molecule is COc1ccccc1-c1ccc(C(F)(F)F)nc1CN1C(=O)OC(c2cc(C(F)(F)F)cc(C(F)(F)F)c2)C12CC2. The monoisotopic (exact) mass is 590 g/mol. The second-order valence-corrected chi connectivity index (χ2v) is 9.68. The predicted molar refractivity (Wildman–Crippen MR) is 124 cm³/mol. The molecule has 1 aliphatic carbocycles. The Balaban J connectivity index is 1.58. The molecular formula is C27H19F9N2O3. The van der Waals surface area contributed by atoms with Gasteiger partial charge in [0, 0.05) is 11.1 Å². The second-order valence-electron chi connectivity index (χ2n) is 9.68. The van der Waals surface area contributed by atoms with Crippen molar-refractivity contribution in [2.75, 3.05) is 7.11 Å². The Morgan fingerprint density at radius 1 is 0.878 bits per heavy atom. The van der Waals surface area contributed by atoms with Crippen molar-refractivity contribution in [2.45, 2.75) is 49.6 Å². The molecule has 0 radical (unpaired) electrons. The number of carbonyl (C=O) groups is 1. The second kappa shape index (κ2) is 9.55. The maximum absolute atomic E-state index is 13.6. The molecule has 2 fully saturated rings. The molecule has 14 heteroatoms. The summed E-state index contributed by atoms with van der Waals surface area (Å²) in [6.07, 6.45) is -17.5. The fourth-order valence-electron chi connectivity index (χ4n) is 5.03. The molecule has 1 atom stereocenters. The first kappa shape index (κ1) is 28.6. The summed E-state index contributed by atoms with van der Waals surface area (Å²) in [6.45, 7) is -0.558. The van der Waals surface area contributed by atoms with Gasteiger partial charge in [-0.3, -0.25) is 4.90 Å². The van der Waals surface area contributed by atoms with Gasteiger partial charge in [-0.1, -0.05) is 24.3 Å². The molecule has 2 aliphatic rings. The number of para-hydroxylation sites is 1. The Morgan fingerprint density at radius 2 is 1.49 bits per heavy atom. The molecule has 1 unspecified atom stereocenters. The van der Waals surface area contributed by atoms with Crippen molar-refractivity contribution in [3.63, 3.8) is 0 Å². The molecule has 1 aromatic heterocycles. The van der Waals surface area contributed by atoms with Crippen molar-refractivity contribution in [3.05, 3.63) is 82.7 Å². The van der Waals surface area contributed by atoms with Crippen LogP contribution in [0.1, 0.15) is 47.0 Å². The molecule has 5 rings (SSSR count). The van der Waals surface area contributed by atoms with Crippen LogP contribution < -0.4 is 4.74 Å². The van der Waals surface area contributed by atoms with Gasteiger partial charge in [0.1, 0.15) is 11.4 Å². The molecule has 1 aliphatic heterocycles. The van der Waals surface area contributed by atoms with Crippen molar-refractivity contribution < 1.29 is 53.8 Å². The maximum atomic E-state index is 13.6. The number of alkyl halides is 9. The van der Waals surface area contributed by atoms with E-state index in [0.29, 0.717) is 23.4 Å². The lowest BCUT2D eigenvalue weighted by Gasteiger charge is -2.26. The molecule has 1 spiro atoms. The molecule has 41 heavy (non-hydrogen) atoms. The number of aromatic nitrogens is 1. The first-order chi connectivity index (χ1) is 19.0. The van der Waals surface area contributed by atoms with Crippen molar-refractivity contribution in [2.24, 2.45) is 0 Å². The Hall–Kier alpha value is -3.97. The highest BCUT2D eigenvalue weighted by molar-refractivity contribution is 5.76. The maximum Gasteiger partial charge on any atom is 0.433 e. The standard InChI is InChI=1S/C27H19F9N2O3/c1-40-20-5-3-2-4-18(20)17-6-7-21(27(34,35)36)37-19(17)13-38-23(39)41-22(24(38)8-9-24)14-10-15(25(28,29)30)12-16(11-14)26(31,32)33/h2-7,10-12,22H,8-9,13H2,1H3. The molecule has 0 bridgehead atoms. The van der Waals surface area contributed by atoms with Crippen molar-refractivity contribution in [1.29, 1.82) is 0 Å². The normalized spacial score (nSPS) is 18.5. The highest BCUT2D eigenvalue weighted by Crippen LogP contribution is 2.58. The Labute approximate surface area is 226 Å². The fourth-order valence-corrected chi connectivity index (χ4v) is 5.03. The van der Waals surface area contributed by atoms with Gasteiger partial charge in [-0.15, -0.1) is 0 Å². The van der Waals surface area contributed by atoms with E-state index in [4.69, 9.17) is 9.47 Å². The van der Waals surface area contributed by atoms with E-state index >= 15 is 0 Å². The van der Waals surface area contributed by atoms with E-state index in [-0.39, 0.29) is 30.2 Å². The van der Waals surface area contributed by atoms with E-state index in [0.717, 1.165) is 17.0 Å². The number of cyclic esters (lactones) is 1. The zero-order chi connectivity index (χ0) is 30.0. The summed E-state index contributed by atoms with van der Waals surface area (Å²) >= 11 is 0. The van der Waals surface area contributed by atoms with E-state index < -0.39 is 65.2 Å². The topological polar surface area (TPSA) is 51.7 Å². The molecule has 1 saturated carbocycles. The van der Waals surface area contributed by atoms with Gasteiger partial charge in [0.25, 0.3) is 0 Å². The zero-order valence-electron chi connectivity index (χ0n) is 20.9. The van der Waals surface area contributed by atoms with Gasteiger partial charge >= 0.3 is 24.6 Å². The molecule has 0 N–H and O–H groups in total. The Morgan fingerprint density at radius 3 is 2.02 bits per heavy atom. The van der Waals surface area contributed by atoms with Crippen molar-refractivity contribution in [1.82, 2.24) is 9.88 Å². The van der Waals surface area contributed by atoms with Gasteiger partial charge in [0.2, 0.25) is 0 Å². The predicted octanol–water partition coefficient (Wildman–Crippen LogP) is 8.04. The Bertz CT molecular complexity index is 1460. The third kappa shape index (κ3) is 5.26. The van der Waals surface area contributed by atoms with Crippen LogP contribution in [0.25, 0.3) is 11.1 Å². The highest BCUT2D eigenvalue weighted by atomic mass is 19.4. The number of pyridine rings is 1. The van der Waals surface area contributed by atoms with Crippen LogP contribution in [-0.2, 0) is 29.8 Å².